The van der Waals surface area contributed by atoms with Crippen LogP contribution in [0.1, 0.15) is 52.2 Å². The Hall–Kier alpha value is -3.64. The summed E-state index contributed by atoms with van der Waals surface area (Å²) in [7, 11) is 1.65. The van der Waals surface area contributed by atoms with Crippen LogP contribution in [0.3, 0.4) is 0 Å². The molecule has 3 aromatic carbocycles. The van der Waals surface area contributed by atoms with Gasteiger partial charge in [0.2, 0.25) is 5.91 Å². The number of thiophene rings is 1. The number of hydrogen-bond acceptors (Lipinski definition) is 4. The van der Waals surface area contributed by atoms with Crippen LogP contribution in [-0.2, 0) is 11.2 Å². The minimum absolute atomic E-state index is 0.0251. The molecule has 0 N–H and O–H groups in total. The molecule has 6 heteroatoms. The van der Waals surface area contributed by atoms with Gasteiger partial charge in [-0.1, -0.05) is 55.8 Å². The van der Waals surface area contributed by atoms with E-state index in [-0.39, 0.29) is 24.4 Å². The van der Waals surface area contributed by atoms with E-state index in [4.69, 9.17) is 4.74 Å². The van der Waals surface area contributed by atoms with Gasteiger partial charge in [0.25, 0.3) is 5.91 Å². The second-order valence-electron chi connectivity index (χ2n) is 9.45. The van der Waals surface area contributed by atoms with Crippen LogP contribution < -0.4 is 4.74 Å². The van der Waals surface area contributed by atoms with Crippen molar-refractivity contribution in [3.63, 3.8) is 0 Å². The molecule has 0 aliphatic carbocycles. The van der Waals surface area contributed by atoms with Crippen LogP contribution in [0.5, 0.6) is 5.75 Å². The lowest BCUT2D eigenvalue weighted by atomic mass is 9.93. The Morgan fingerprint density at radius 1 is 1.03 bits per heavy atom. The van der Waals surface area contributed by atoms with Crippen molar-refractivity contribution in [2.45, 2.75) is 32.2 Å². The predicted molar refractivity (Wildman–Crippen MR) is 149 cm³/mol. The van der Waals surface area contributed by atoms with Crippen LogP contribution in [-0.4, -0.2) is 48.4 Å². The number of benzene rings is 3. The molecule has 0 spiro atoms. The van der Waals surface area contributed by atoms with Crippen molar-refractivity contribution in [2.24, 2.45) is 0 Å². The van der Waals surface area contributed by atoms with Gasteiger partial charge in [-0.2, -0.15) is 0 Å². The van der Waals surface area contributed by atoms with Gasteiger partial charge in [-0.3, -0.25) is 9.59 Å². The molecule has 5 rings (SSSR count). The van der Waals surface area contributed by atoms with Crippen molar-refractivity contribution < 1.29 is 14.3 Å². The number of carbonyl (C=O) groups is 2. The number of amides is 2. The molecule has 1 aliphatic heterocycles. The second-order valence-corrected chi connectivity index (χ2v) is 10.5. The number of ether oxygens (including phenoxy) is 1. The molecule has 1 unspecified atom stereocenters. The summed E-state index contributed by atoms with van der Waals surface area (Å²) >= 11 is 1.75. The molecule has 4 aromatic rings. The number of nitrogens with zero attached hydrogens (tertiary/aromatic N) is 2. The standard InChI is InChI=1S/C31H32N2O3S/c1-3-4-17-32(31(35)25-10-9-22-7-5-6-8-24(22)20-25)21-29(34)33-18-15-28-27(16-19-37-28)30(33)23-11-13-26(36-2)14-12-23/h5-14,16,19-20,30H,3-4,15,17-18,21H2,1-2H3. The minimum atomic E-state index is -0.169. The smallest absolute Gasteiger partial charge is 0.254 e. The highest BCUT2D eigenvalue weighted by atomic mass is 32.1. The molecule has 5 nitrogen and oxygen atoms in total. The topological polar surface area (TPSA) is 49.9 Å². The van der Waals surface area contributed by atoms with E-state index in [1.54, 1.807) is 23.3 Å². The first-order chi connectivity index (χ1) is 18.1. The van der Waals surface area contributed by atoms with Crippen LogP contribution in [0.25, 0.3) is 10.8 Å². The molecule has 1 aromatic heterocycles. The van der Waals surface area contributed by atoms with Crippen molar-refractivity contribution in [2.75, 3.05) is 26.7 Å². The summed E-state index contributed by atoms with van der Waals surface area (Å²) in [6.07, 6.45) is 2.63. The molecule has 0 saturated carbocycles. The van der Waals surface area contributed by atoms with Gasteiger partial charge in [-0.25, -0.2) is 0 Å². The van der Waals surface area contributed by atoms with Gasteiger partial charge < -0.3 is 14.5 Å². The summed E-state index contributed by atoms with van der Waals surface area (Å²) in [4.78, 5) is 32.5. The molecular weight excluding hydrogens is 480 g/mol. The third-order valence-electron chi connectivity index (χ3n) is 7.11. The van der Waals surface area contributed by atoms with Crippen LogP contribution >= 0.6 is 11.3 Å². The average Bonchev–Trinajstić information content (AvgIpc) is 3.43. The summed E-state index contributed by atoms with van der Waals surface area (Å²) in [6.45, 7) is 3.36. The molecule has 190 valence electrons. The van der Waals surface area contributed by atoms with Crippen LogP contribution in [0.15, 0.2) is 78.2 Å². The first-order valence-corrected chi connectivity index (χ1v) is 13.7. The fourth-order valence-electron chi connectivity index (χ4n) is 5.09. The van der Waals surface area contributed by atoms with E-state index in [2.05, 4.69) is 18.4 Å². The summed E-state index contributed by atoms with van der Waals surface area (Å²) in [5.41, 5.74) is 2.85. The van der Waals surface area contributed by atoms with E-state index in [1.807, 2.05) is 71.6 Å². The lowest BCUT2D eigenvalue weighted by molar-refractivity contribution is -0.134. The van der Waals surface area contributed by atoms with E-state index in [1.165, 1.54) is 10.4 Å². The lowest BCUT2D eigenvalue weighted by Gasteiger charge is -2.37. The van der Waals surface area contributed by atoms with Gasteiger partial charge >= 0.3 is 0 Å². The Morgan fingerprint density at radius 2 is 1.81 bits per heavy atom. The number of unbranched alkanes of at least 4 members (excludes halogenated alkanes) is 1. The average molecular weight is 513 g/mol. The van der Waals surface area contributed by atoms with E-state index < -0.39 is 0 Å². The summed E-state index contributed by atoms with van der Waals surface area (Å²) in [6, 6.07) is 23.7. The number of hydrogen-bond donors (Lipinski definition) is 0. The van der Waals surface area contributed by atoms with Crippen LogP contribution in [0.2, 0.25) is 0 Å². The van der Waals surface area contributed by atoms with Crippen molar-refractivity contribution in [1.29, 1.82) is 0 Å². The molecule has 1 aliphatic rings. The van der Waals surface area contributed by atoms with E-state index in [0.717, 1.165) is 41.3 Å². The summed E-state index contributed by atoms with van der Waals surface area (Å²) < 4.78 is 5.35. The van der Waals surface area contributed by atoms with Gasteiger partial charge in [0.05, 0.1) is 13.2 Å². The zero-order chi connectivity index (χ0) is 25.8. The highest BCUT2D eigenvalue weighted by Crippen LogP contribution is 2.38. The van der Waals surface area contributed by atoms with E-state index in [9.17, 15) is 9.59 Å². The molecular formula is C31H32N2O3S. The van der Waals surface area contributed by atoms with Crippen LogP contribution in [0, 0.1) is 0 Å². The van der Waals surface area contributed by atoms with Crippen molar-refractivity contribution in [1.82, 2.24) is 9.80 Å². The highest BCUT2D eigenvalue weighted by Gasteiger charge is 2.34. The van der Waals surface area contributed by atoms with Gasteiger partial charge in [-0.15, -0.1) is 11.3 Å². The van der Waals surface area contributed by atoms with E-state index >= 15 is 0 Å². The fourth-order valence-corrected chi connectivity index (χ4v) is 5.99. The fraction of sp³-hybridized carbons (Fsp3) is 0.290. The maximum atomic E-state index is 13.9. The van der Waals surface area contributed by atoms with Crippen molar-refractivity contribution in [3.8, 4) is 5.75 Å². The molecule has 2 heterocycles. The molecule has 0 fully saturated rings. The monoisotopic (exact) mass is 512 g/mol. The normalized spacial score (nSPS) is 14.9. The van der Waals surface area contributed by atoms with Gasteiger partial charge in [0, 0.05) is 23.5 Å². The molecule has 0 radical (unpaired) electrons. The quantitative estimate of drug-likeness (QED) is 0.277. The minimum Gasteiger partial charge on any atom is -0.497 e. The largest absolute Gasteiger partial charge is 0.497 e. The lowest BCUT2D eigenvalue weighted by Crippen LogP contribution is -2.47. The Labute approximate surface area is 222 Å². The Morgan fingerprint density at radius 3 is 2.57 bits per heavy atom. The zero-order valence-electron chi connectivity index (χ0n) is 21.4. The van der Waals surface area contributed by atoms with Crippen molar-refractivity contribution in [3.05, 3.63) is 99.7 Å². The van der Waals surface area contributed by atoms with Gasteiger partial charge in [0.1, 0.15) is 12.3 Å². The predicted octanol–water partition coefficient (Wildman–Crippen LogP) is 6.33. The van der Waals surface area contributed by atoms with Crippen LogP contribution in [0.4, 0.5) is 0 Å². The molecule has 0 bridgehead atoms. The first-order valence-electron chi connectivity index (χ1n) is 12.9. The number of fused-ring (bicyclic) bond motifs is 2. The molecule has 2 amide bonds. The van der Waals surface area contributed by atoms with Gasteiger partial charge in [-0.05, 0) is 70.5 Å². The third kappa shape index (κ3) is 5.25. The second kappa shape index (κ2) is 11.2. The number of rotatable bonds is 8. The van der Waals surface area contributed by atoms with Gasteiger partial charge in [0.15, 0.2) is 0 Å². The first kappa shape index (κ1) is 25.0. The molecule has 0 saturated heterocycles. The highest BCUT2D eigenvalue weighted by molar-refractivity contribution is 7.10. The third-order valence-corrected chi connectivity index (χ3v) is 8.11. The SMILES string of the molecule is CCCCN(CC(=O)N1CCc2sccc2C1c1ccc(OC)cc1)C(=O)c1ccc2ccccc2c1. The Balaban J connectivity index is 1.42. The number of methoxy groups -OCH3 is 1. The zero-order valence-corrected chi connectivity index (χ0v) is 22.2. The molecule has 1 atom stereocenters. The Bertz CT molecular complexity index is 1400. The molecule has 37 heavy (non-hydrogen) atoms. The Kier molecular flexibility index (Phi) is 7.56. The maximum absolute atomic E-state index is 13.9. The maximum Gasteiger partial charge on any atom is 0.254 e. The summed E-state index contributed by atoms with van der Waals surface area (Å²) in [5, 5.41) is 4.22. The van der Waals surface area contributed by atoms with Crippen molar-refractivity contribution >= 4 is 33.9 Å². The number of carbonyl (C=O) groups excluding carboxylic acids is 2. The summed E-state index contributed by atoms with van der Waals surface area (Å²) in [5.74, 6) is 0.666. The van der Waals surface area contributed by atoms with E-state index in [0.29, 0.717) is 18.7 Å².